The molecule has 0 aliphatic carbocycles. The normalized spacial score (nSPS) is 16.9. The van der Waals surface area contributed by atoms with Gasteiger partial charge in [-0.25, -0.2) is 0 Å². The minimum Gasteiger partial charge on any atom is -0.495 e. The van der Waals surface area contributed by atoms with Crippen LogP contribution in [0.15, 0.2) is 47.0 Å². The fourth-order valence-electron chi connectivity index (χ4n) is 2.63. The van der Waals surface area contributed by atoms with Crippen LogP contribution in [0.1, 0.15) is 17.8 Å². The number of thiophene rings is 1. The third-order valence-electron chi connectivity index (χ3n) is 3.75. The average molecular weight is 394 g/mol. The van der Waals surface area contributed by atoms with Crippen LogP contribution in [0.2, 0.25) is 5.02 Å². The van der Waals surface area contributed by atoms with Gasteiger partial charge in [-0.1, -0.05) is 17.7 Å². The summed E-state index contributed by atoms with van der Waals surface area (Å²) >= 11 is 12.8. The number of allylic oxidation sites excluding steroid dienone is 1. The zero-order valence-corrected chi connectivity index (χ0v) is 15.9. The molecule has 1 aromatic carbocycles. The number of hydrogen-bond acceptors (Lipinski definition) is 4. The first-order valence-corrected chi connectivity index (χ1v) is 9.12. The number of rotatable bonds is 4. The Morgan fingerprint density at radius 3 is 2.88 bits per heavy atom. The molecular formula is C17H16ClN3O2S2. The van der Waals surface area contributed by atoms with Crippen molar-refractivity contribution < 1.29 is 9.53 Å². The monoisotopic (exact) mass is 393 g/mol. The van der Waals surface area contributed by atoms with Crippen LogP contribution in [0.3, 0.4) is 0 Å². The van der Waals surface area contributed by atoms with Crippen molar-refractivity contribution in [3.05, 3.63) is 56.9 Å². The van der Waals surface area contributed by atoms with E-state index in [2.05, 4.69) is 16.0 Å². The van der Waals surface area contributed by atoms with Crippen molar-refractivity contribution in [2.45, 2.75) is 13.0 Å². The van der Waals surface area contributed by atoms with Crippen molar-refractivity contribution in [2.75, 3.05) is 12.4 Å². The van der Waals surface area contributed by atoms with E-state index < -0.39 is 0 Å². The zero-order chi connectivity index (χ0) is 18.0. The minimum atomic E-state index is -0.307. The van der Waals surface area contributed by atoms with E-state index in [1.54, 1.807) is 36.6 Å². The Kier molecular flexibility index (Phi) is 5.27. The van der Waals surface area contributed by atoms with Crippen LogP contribution in [0.5, 0.6) is 5.75 Å². The molecule has 0 saturated heterocycles. The maximum Gasteiger partial charge on any atom is 0.255 e. The van der Waals surface area contributed by atoms with Crippen molar-refractivity contribution in [1.29, 1.82) is 0 Å². The largest absolute Gasteiger partial charge is 0.495 e. The lowest BCUT2D eigenvalue weighted by molar-refractivity contribution is -0.113. The molecule has 0 radical (unpaired) electrons. The number of halogens is 1. The molecular weight excluding hydrogens is 378 g/mol. The maximum atomic E-state index is 13.0. The maximum absolute atomic E-state index is 13.0. The Labute approximate surface area is 160 Å². The molecule has 1 amide bonds. The topological polar surface area (TPSA) is 62.4 Å². The van der Waals surface area contributed by atoms with Crippen molar-refractivity contribution in [2.24, 2.45) is 0 Å². The van der Waals surface area contributed by atoms with Crippen LogP contribution in [0, 0.1) is 0 Å². The van der Waals surface area contributed by atoms with Gasteiger partial charge in [0.25, 0.3) is 5.91 Å². The van der Waals surface area contributed by atoms with E-state index in [1.165, 1.54) is 0 Å². The summed E-state index contributed by atoms with van der Waals surface area (Å²) in [6, 6.07) is 8.68. The smallest absolute Gasteiger partial charge is 0.255 e. The number of nitrogens with one attached hydrogen (secondary N) is 3. The highest BCUT2D eigenvalue weighted by molar-refractivity contribution is 7.80. The molecule has 1 aliphatic rings. The summed E-state index contributed by atoms with van der Waals surface area (Å²) in [5, 5.41) is 12.0. The first-order valence-electron chi connectivity index (χ1n) is 7.46. The summed E-state index contributed by atoms with van der Waals surface area (Å²) in [5.41, 5.74) is 1.79. The third-order valence-corrected chi connectivity index (χ3v) is 5.14. The molecule has 2 heterocycles. The van der Waals surface area contributed by atoms with Gasteiger partial charge in [-0.15, -0.1) is 11.3 Å². The number of carbonyl (C=O) groups is 1. The van der Waals surface area contributed by atoms with Crippen LogP contribution in [-0.2, 0) is 4.79 Å². The second-order valence-corrected chi connectivity index (χ2v) is 7.21. The van der Waals surface area contributed by atoms with E-state index in [4.69, 9.17) is 28.6 Å². The predicted octanol–water partition coefficient (Wildman–Crippen LogP) is 3.84. The van der Waals surface area contributed by atoms with Gasteiger partial charge in [-0.3, -0.25) is 4.79 Å². The molecule has 8 heteroatoms. The van der Waals surface area contributed by atoms with Crippen LogP contribution >= 0.6 is 35.2 Å². The second-order valence-electron chi connectivity index (χ2n) is 5.38. The van der Waals surface area contributed by atoms with E-state index in [-0.39, 0.29) is 11.9 Å². The zero-order valence-electron chi connectivity index (χ0n) is 13.6. The van der Waals surface area contributed by atoms with E-state index in [0.717, 1.165) is 4.88 Å². The Bertz CT molecular complexity index is 850. The van der Waals surface area contributed by atoms with Crippen molar-refractivity contribution in [1.82, 2.24) is 10.6 Å². The van der Waals surface area contributed by atoms with E-state index in [1.807, 2.05) is 24.4 Å². The van der Waals surface area contributed by atoms with Crippen LogP contribution in [-0.4, -0.2) is 18.1 Å². The molecule has 1 atom stereocenters. The summed E-state index contributed by atoms with van der Waals surface area (Å²) in [5.74, 6) is 0.287. The van der Waals surface area contributed by atoms with Gasteiger partial charge in [-0.2, -0.15) is 0 Å². The van der Waals surface area contributed by atoms with Gasteiger partial charge in [0.15, 0.2) is 5.11 Å². The Balaban J connectivity index is 1.95. The summed E-state index contributed by atoms with van der Waals surface area (Å²) in [7, 11) is 1.54. The quantitative estimate of drug-likeness (QED) is 0.689. The van der Waals surface area contributed by atoms with Gasteiger partial charge in [0.2, 0.25) is 0 Å². The molecule has 2 aromatic rings. The number of benzene rings is 1. The van der Waals surface area contributed by atoms with Crippen LogP contribution in [0.25, 0.3) is 0 Å². The molecule has 0 bridgehead atoms. The van der Waals surface area contributed by atoms with Crippen LogP contribution < -0.4 is 20.7 Å². The van der Waals surface area contributed by atoms with Crippen molar-refractivity contribution in [3.63, 3.8) is 0 Å². The summed E-state index contributed by atoms with van der Waals surface area (Å²) in [6.07, 6.45) is 0. The fourth-order valence-corrected chi connectivity index (χ4v) is 3.86. The SMILES string of the molecule is COc1ccc(Cl)cc1NC(=O)C1=C(C)NC(=S)N[C@H]1c1cccs1. The average Bonchev–Trinajstić information content (AvgIpc) is 3.08. The summed E-state index contributed by atoms with van der Waals surface area (Å²) in [6.45, 7) is 1.83. The molecule has 130 valence electrons. The Morgan fingerprint density at radius 2 is 2.20 bits per heavy atom. The predicted molar refractivity (Wildman–Crippen MR) is 105 cm³/mol. The van der Waals surface area contributed by atoms with Crippen molar-refractivity contribution >= 4 is 51.9 Å². The number of ether oxygens (including phenoxy) is 1. The first kappa shape index (κ1) is 17.7. The molecule has 3 rings (SSSR count). The Morgan fingerprint density at radius 1 is 1.40 bits per heavy atom. The number of carbonyl (C=O) groups excluding carboxylic acids is 1. The molecule has 0 fully saturated rings. The lowest BCUT2D eigenvalue weighted by atomic mass is 10.0. The molecule has 0 spiro atoms. The lowest BCUT2D eigenvalue weighted by Crippen LogP contribution is -2.45. The van der Waals surface area contributed by atoms with Gasteiger partial charge in [0, 0.05) is 15.6 Å². The van der Waals surface area contributed by atoms with Gasteiger partial charge < -0.3 is 20.7 Å². The fraction of sp³-hybridized carbons (Fsp3) is 0.176. The molecule has 25 heavy (non-hydrogen) atoms. The number of thiocarbonyl (C=S) groups is 1. The van der Waals surface area contributed by atoms with Gasteiger partial charge in [0.05, 0.1) is 24.4 Å². The summed E-state index contributed by atoms with van der Waals surface area (Å²) in [4.78, 5) is 14.0. The summed E-state index contributed by atoms with van der Waals surface area (Å²) < 4.78 is 5.29. The first-order chi connectivity index (χ1) is 12.0. The Hall–Kier alpha value is -2.09. The third kappa shape index (κ3) is 3.78. The van der Waals surface area contributed by atoms with E-state index >= 15 is 0 Å². The van der Waals surface area contributed by atoms with Gasteiger partial charge in [-0.05, 0) is 48.8 Å². The van der Waals surface area contributed by atoms with E-state index in [9.17, 15) is 4.79 Å². The molecule has 1 aromatic heterocycles. The van der Waals surface area contributed by atoms with Crippen LogP contribution in [0.4, 0.5) is 5.69 Å². The molecule has 5 nitrogen and oxygen atoms in total. The van der Waals surface area contributed by atoms with Crippen molar-refractivity contribution in [3.8, 4) is 5.75 Å². The highest BCUT2D eigenvalue weighted by Gasteiger charge is 2.30. The number of methoxy groups -OCH3 is 1. The lowest BCUT2D eigenvalue weighted by Gasteiger charge is -2.29. The highest BCUT2D eigenvalue weighted by Crippen LogP contribution is 2.33. The highest BCUT2D eigenvalue weighted by atomic mass is 35.5. The number of hydrogen-bond donors (Lipinski definition) is 3. The van der Waals surface area contributed by atoms with E-state index in [0.29, 0.717) is 32.8 Å². The molecule has 0 saturated carbocycles. The molecule has 0 unspecified atom stereocenters. The van der Waals surface area contributed by atoms with Gasteiger partial charge in [0.1, 0.15) is 5.75 Å². The van der Waals surface area contributed by atoms with Gasteiger partial charge >= 0.3 is 0 Å². The molecule has 3 N–H and O–H groups in total. The number of amides is 1. The standard InChI is InChI=1S/C17H16ClN3O2S2/c1-9-14(15(21-17(24)19-9)13-4-3-7-25-13)16(22)20-11-8-10(18)5-6-12(11)23-2/h3-8,15H,1-2H3,(H,20,22)(H2,19,21,24)/t15-/m0/s1. The minimum absolute atomic E-state index is 0.251. The second kappa shape index (κ2) is 7.43. The number of anilines is 1. The molecule has 1 aliphatic heterocycles.